The standard InChI is InChI=1S/C22H29N5O2/c1-2-27-19(6-13-24-27)21(29)25-15-9-22(10-16-25)8-3-20(28)26(17-22)14-7-18-4-11-23-12-5-18/h4-6,11-13H,2-3,7-10,14-17H2,1H3. The molecule has 0 aromatic carbocycles. The van der Waals surface area contributed by atoms with Crippen LogP contribution < -0.4 is 0 Å². The molecule has 0 unspecified atom stereocenters. The van der Waals surface area contributed by atoms with Gasteiger partial charge in [0.05, 0.1) is 0 Å². The number of carbonyl (C=O) groups excluding carboxylic acids is 2. The Morgan fingerprint density at radius 2 is 1.86 bits per heavy atom. The van der Waals surface area contributed by atoms with E-state index in [1.54, 1.807) is 29.3 Å². The number of aromatic nitrogens is 3. The second kappa shape index (κ2) is 8.35. The number of aryl methyl sites for hydroxylation is 1. The zero-order valence-corrected chi connectivity index (χ0v) is 17.1. The van der Waals surface area contributed by atoms with Gasteiger partial charge >= 0.3 is 0 Å². The summed E-state index contributed by atoms with van der Waals surface area (Å²) in [5.74, 6) is 0.329. The lowest BCUT2D eigenvalue weighted by atomic mass is 9.72. The molecule has 4 heterocycles. The summed E-state index contributed by atoms with van der Waals surface area (Å²) >= 11 is 0. The van der Waals surface area contributed by atoms with Crippen molar-refractivity contribution in [2.45, 2.75) is 45.6 Å². The van der Waals surface area contributed by atoms with Gasteiger partial charge in [-0.15, -0.1) is 0 Å². The summed E-state index contributed by atoms with van der Waals surface area (Å²) < 4.78 is 1.76. The number of likely N-dealkylation sites (tertiary alicyclic amines) is 2. The van der Waals surface area contributed by atoms with Crippen LogP contribution in [-0.2, 0) is 17.8 Å². The molecule has 154 valence electrons. The molecule has 2 aromatic heterocycles. The monoisotopic (exact) mass is 395 g/mol. The Kier molecular flexibility index (Phi) is 5.65. The van der Waals surface area contributed by atoms with E-state index in [0.29, 0.717) is 18.7 Å². The van der Waals surface area contributed by atoms with Gasteiger partial charge in [-0.25, -0.2) is 0 Å². The molecule has 0 bridgehead atoms. The third-order valence-electron chi connectivity index (χ3n) is 6.51. The van der Waals surface area contributed by atoms with Gasteiger partial charge in [0.1, 0.15) is 5.69 Å². The maximum Gasteiger partial charge on any atom is 0.272 e. The molecule has 2 aromatic rings. The minimum Gasteiger partial charge on any atom is -0.342 e. The highest BCUT2D eigenvalue weighted by molar-refractivity contribution is 5.92. The molecule has 7 nitrogen and oxygen atoms in total. The SMILES string of the molecule is CCn1nccc1C(=O)N1CCC2(CCC(=O)N(CCc3ccncc3)C2)CC1. The van der Waals surface area contributed by atoms with Gasteiger partial charge in [-0.2, -0.15) is 5.10 Å². The summed E-state index contributed by atoms with van der Waals surface area (Å²) in [5.41, 5.74) is 2.02. The van der Waals surface area contributed by atoms with E-state index in [-0.39, 0.29) is 17.2 Å². The van der Waals surface area contributed by atoms with Gasteiger partial charge in [-0.3, -0.25) is 19.3 Å². The van der Waals surface area contributed by atoms with Crippen LogP contribution >= 0.6 is 0 Å². The second-order valence-electron chi connectivity index (χ2n) is 8.25. The predicted molar refractivity (Wildman–Crippen MR) is 109 cm³/mol. The zero-order valence-electron chi connectivity index (χ0n) is 17.1. The first-order valence-electron chi connectivity index (χ1n) is 10.6. The van der Waals surface area contributed by atoms with E-state index in [2.05, 4.69) is 10.1 Å². The van der Waals surface area contributed by atoms with Gasteiger partial charge in [0.25, 0.3) is 5.91 Å². The Labute approximate surface area is 171 Å². The van der Waals surface area contributed by atoms with Crippen molar-refractivity contribution in [3.8, 4) is 0 Å². The number of pyridine rings is 1. The number of rotatable bonds is 5. The molecule has 1 spiro atoms. The molecule has 0 radical (unpaired) electrons. The fourth-order valence-corrected chi connectivity index (χ4v) is 4.64. The predicted octanol–water partition coefficient (Wildman–Crippen LogP) is 2.39. The van der Waals surface area contributed by atoms with E-state index in [4.69, 9.17) is 0 Å². The molecule has 2 aliphatic rings. The van der Waals surface area contributed by atoms with Crippen molar-refractivity contribution in [2.75, 3.05) is 26.2 Å². The number of nitrogens with zero attached hydrogens (tertiary/aromatic N) is 5. The second-order valence-corrected chi connectivity index (χ2v) is 8.25. The molecule has 4 rings (SSSR count). The number of amides is 2. The van der Waals surface area contributed by atoms with Crippen LogP contribution in [0, 0.1) is 5.41 Å². The lowest BCUT2D eigenvalue weighted by Crippen LogP contribution is -2.52. The van der Waals surface area contributed by atoms with Crippen molar-refractivity contribution < 1.29 is 9.59 Å². The Balaban J connectivity index is 1.36. The number of carbonyl (C=O) groups is 2. The maximum absolute atomic E-state index is 12.9. The fourth-order valence-electron chi connectivity index (χ4n) is 4.64. The van der Waals surface area contributed by atoms with Crippen LogP contribution in [0.1, 0.15) is 48.7 Å². The molecular formula is C22H29N5O2. The average molecular weight is 396 g/mol. The molecular weight excluding hydrogens is 366 g/mol. The molecule has 2 fully saturated rings. The van der Waals surface area contributed by atoms with E-state index >= 15 is 0 Å². The van der Waals surface area contributed by atoms with Crippen LogP contribution in [0.4, 0.5) is 0 Å². The van der Waals surface area contributed by atoms with Crippen molar-refractivity contribution in [2.24, 2.45) is 5.41 Å². The summed E-state index contributed by atoms with van der Waals surface area (Å²) in [6.07, 6.45) is 9.61. The minimum atomic E-state index is 0.0700. The van der Waals surface area contributed by atoms with E-state index in [9.17, 15) is 9.59 Å². The summed E-state index contributed by atoms with van der Waals surface area (Å²) in [6, 6.07) is 5.82. The van der Waals surface area contributed by atoms with Crippen molar-refractivity contribution in [1.29, 1.82) is 0 Å². The van der Waals surface area contributed by atoms with Crippen LogP contribution in [0.15, 0.2) is 36.8 Å². The lowest BCUT2D eigenvalue weighted by Gasteiger charge is -2.47. The highest BCUT2D eigenvalue weighted by Gasteiger charge is 2.41. The number of hydrogen-bond acceptors (Lipinski definition) is 4. The molecule has 0 atom stereocenters. The first-order valence-corrected chi connectivity index (χ1v) is 10.6. The Hall–Kier alpha value is -2.70. The smallest absolute Gasteiger partial charge is 0.272 e. The summed E-state index contributed by atoms with van der Waals surface area (Å²) in [5, 5.41) is 4.22. The van der Waals surface area contributed by atoms with Crippen LogP contribution in [-0.4, -0.2) is 62.6 Å². The zero-order chi connectivity index (χ0) is 20.3. The van der Waals surface area contributed by atoms with E-state index in [1.807, 2.05) is 28.9 Å². The lowest BCUT2D eigenvalue weighted by molar-refractivity contribution is -0.138. The third kappa shape index (κ3) is 4.18. The molecule has 2 aliphatic heterocycles. The molecule has 29 heavy (non-hydrogen) atoms. The van der Waals surface area contributed by atoms with Gasteiger partial charge < -0.3 is 9.80 Å². The Morgan fingerprint density at radius 1 is 1.10 bits per heavy atom. The normalized spacial score (nSPS) is 19.0. The Bertz CT molecular complexity index is 855. The Morgan fingerprint density at radius 3 is 2.59 bits per heavy atom. The minimum absolute atomic E-state index is 0.0700. The van der Waals surface area contributed by atoms with Gasteiger partial charge in [-0.05, 0) is 61.8 Å². The van der Waals surface area contributed by atoms with Gasteiger partial charge in [0.2, 0.25) is 5.91 Å². The van der Waals surface area contributed by atoms with Crippen molar-refractivity contribution in [3.63, 3.8) is 0 Å². The molecule has 0 aliphatic carbocycles. The number of hydrogen-bond donors (Lipinski definition) is 0. The van der Waals surface area contributed by atoms with Crippen LogP contribution in [0.2, 0.25) is 0 Å². The van der Waals surface area contributed by atoms with Crippen LogP contribution in [0.25, 0.3) is 0 Å². The topological polar surface area (TPSA) is 71.3 Å². The summed E-state index contributed by atoms with van der Waals surface area (Å²) in [7, 11) is 0. The number of piperidine rings is 2. The first-order chi connectivity index (χ1) is 14.1. The van der Waals surface area contributed by atoms with E-state index in [1.165, 1.54) is 5.56 Å². The van der Waals surface area contributed by atoms with Gasteiger partial charge in [0, 0.05) is 57.7 Å². The molecule has 0 saturated carbocycles. The average Bonchev–Trinajstić information content (AvgIpc) is 3.24. The van der Waals surface area contributed by atoms with Gasteiger partial charge in [-0.1, -0.05) is 0 Å². The van der Waals surface area contributed by atoms with Crippen molar-refractivity contribution in [3.05, 3.63) is 48.0 Å². The van der Waals surface area contributed by atoms with Crippen molar-refractivity contribution in [1.82, 2.24) is 24.6 Å². The highest BCUT2D eigenvalue weighted by Crippen LogP contribution is 2.40. The van der Waals surface area contributed by atoms with E-state index < -0.39 is 0 Å². The molecule has 7 heteroatoms. The molecule has 0 N–H and O–H groups in total. The van der Waals surface area contributed by atoms with Crippen LogP contribution in [0.3, 0.4) is 0 Å². The molecule has 2 amide bonds. The first kappa shape index (κ1) is 19.6. The van der Waals surface area contributed by atoms with Crippen molar-refractivity contribution >= 4 is 11.8 Å². The van der Waals surface area contributed by atoms with Crippen LogP contribution in [0.5, 0.6) is 0 Å². The third-order valence-corrected chi connectivity index (χ3v) is 6.51. The molecule has 2 saturated heterocycles. The summed E-state index contributed by atoms with van der Waals surface area (Å²) in [6.45, 7) is 5.75. The largest absolute Gasteiger partial charge is 0.342 e. The maximum atomic E-state index is 12.9. The summed E-state index contributed by atoms with van der Waals surface area (Å²) in [4.78, 5) is 33.4. The fraction of sp³-hybridized carbons (Fsp3) is 0.545. The highest BCUT2D eigenvalue weighted by atomic mass is 16.2. The van der Waals surface area contributed by atoms with E-state index in [0.717, 1.165) is 51.9 Å². The quantitative estimate of drug-likeness (QED) is 0.779. The van der Waals surface area contributed by atoms with Gasteiger partial charge in [0.15, 0.2) is 0 Å².